The van der Waals surface area contributed by atoms with Crippen molar-refractivity contribution in [2.45, 2.75) is 12.4 Å². The Morgan fingerprint density at radius 3 is 2.14 bits per heavy atom. The Bertz CT molecular complexity index is 1260. The Morgan fingerprint density at radius 2 is 1.58 bits per heavy atom. The van der Waals surface area contributed by atoms with Gasteiger partial charge in [0.2, 0.25) is 0 Å². The highest BCUT2D eigenvalue weighted by Crippen LogP contribution is 2.41. The average Bonchev–Trinajstić information content (AvgIpc) is 3.33. The molecule has 0 amide bonds. The first-order chi connectivity index (χ1) is 16.5. The van der Waals surface area contributed by atoms with Crippen molar-refractivity contribution in [2.24, 2.45) is 4.99 Å². The maximum Gasteiger partial charge on any atom is 0.416 e. The van der Waals surface area contributed by atoms with Crippen molar-refractivity contribution in [3.63, 3.8) is 0 Å². The second-order valence-electron chi connectivity index (χ2n) is 7.80. The molecular weight excluding hydrogens is 533 g/mol. The molecule has 1 N–H and O–H groups in total. The molecule has 0 aliphatic carbocycles. The van der Waals surface area contributed by atoms with E-state index >= 15 is 0 Å². The minimum Gasteiger partial charge on any atom is -0.489 e. The zero-order valence-electron chi connectivity index (χ0n) is 18.7. The summed E-state index contributed by atoms with van der Waals surface area (Å²) in [6, 6.07) is 7.66. The van der Waals surface area contributed by atoms with Crippen molar-refractivity contribution in [1.82, 2.24) is 5.32 Å². The van der Waals surface area contributed by atoms with Gasteiger partial charge < -0.3 is 14.8 Å². The maximum absolute atomic E-state index is 13.3. The van der Waals surface area contributed by atoms with E-state index in [0.717, 1.165) is 0 Å². The predicted octanol–water partition coefficient (Wildman–Crippen LogP) is 6.99. The van der Waals surface area contributed by atoms with Crippen LogP contribution in [0.4, 0.5) is 26.3 Å². The molecule has 1 heterocycles. The summed E-state index contributed by atoms with van der Waals surface area (Å²) in [5.74, 6) is 0.889. The topological polar surface area (TPSA) is 42.9 Å². The zero-order chi connectivity index (χ0) is 25.4. The third kappa shape index (κ3) is 5.82. The Labute approximate surface area is 213 Å². The number of nitrogens with one attached hydrogen (secondary N) is 1. The summed E-state index contributed by atoms with van der Waals surface area (Å²) in [4.78, 5) is 4.39. The van der Waals surface area contributed by atoms with Crippen LogP contribution in [0.2, 0.25) is 5.02 Å². The third-order valence-electron chi connectivity index (χ3n) is 5.42. The Morgan fingerprint density at radius 1 is 0.917 bits per heavy atom. The van der Waals surface area contributed by atoms with E-state index < -0.39 is 23.5 Å². The van der Waals surface area contributed by atoms with Crippen molar-refractivity contribution in [2.75, 3.05) is 33.4 Å². The van der Waals surface area contributed by atoms with Crippen molar-refractivity contribution < 1.29 is 35.8 Å². The van der Waals surface area contributed by atoms with Gasteiger partial charge in [0.05, 0.1) is 34.9 Å². The lowest BCUT2D eigenvalue weighted by Gasteiger charge is -2.17. The van der Waals surface area contributed by atoms with Gasteiger partial charge in [-0.15, -0.1) is 12.4 Å². The molecule has 36 heavy (non-hydrogen) atoms. The molecule has 3 aromatic rings. The number of ether oxygens (including phenoxy) is 2. The molecule has 0 saturated carbocycles. The minimum atomic E-state index is -4.94. The standard InChI is InChI=1S/C24H19ClF6N2O2.ClH/c1-34-6-7-35-21-19(22-32-4-5-33-22)11-15-8-13(2-3-18(15)20(21)25)14-9-16(23(26,27)28)12-17(10-14)24(29,30)31;/h2-3,8-12H,4-7H2,1H3,(H,32,33);1H. The Balaban J connectivity index is 0.00000361. The van der Waals surface area contributed by atoms with Crippen LogP contribution in [0.3, 0.4) is 0 Å². The number of methoxy groups -OCH3 is 1. The van der Waals surface area contributed by atoms with E-state index in [1.165, 1.54) is 25.3 Å². The summed E-state index contributed by atoms with van der Waals surface area (Å²) in [5.41, 5.74) is -2.28. The summed E-state index contributed by atoms with van der Waals surface area (Å²) in [7, 11) is 1.52. The highest BCUT2D eigenvalue weighted by molar-refractivity contribution is 6.38. The second kappa shape index (κ2) is 10.7. The fourth-order valence-corrected chi connectivity index (χ4v) is 4.10. The molecule has 12 heteroatoms. The number of nitrogens with zero attached hydrogens (tertiary/aromatic N) is 1. The SMILES string of the molecule is COCCOc1c(C2=NCCN2)cc2cc(-c3cc(C(F)(F)F)cc(C(F)(F)F)c3)ccc2c1Cl.Cl. The van der Waals surface area contributed by atoms with Crippen LogP contribution in [-0.4, -0.2) is 39.2 Å². The van der Waals surface area contributed by atoms with E-state index in [-0.39, 0.29) is 41.2 Å². The molecule has 0 aromatic heterocycles. The molecule has 0 saturated heterocycles. The quantitative estimate of drug-likeness (QED) is 0.264. The largest absolute Gasteiger partial charge is 0.489 e. The van der Waals surface area contributed by atoms with Crippen LogP contribution in [0.15, 0.2) is 47.5 Å². The lowest BCUT2D eigenvalue weighted by Crippen LogP contribution is -2.21. The molecule has 4 rings (SSSR count). The number of rotatable bonds is 6. The number of aliphatic imine (C=N–C) groups is 1. The van der Waals surface area contributed by atoms with Gasteiger partial charge in [-0.3, -0.25) is 4.99 Å². The van der Waals surface area contributed by atoms with E-state index in [2.05, 4.69) is 10.3 Å². The van der Waals surface area contributed by atoms with E-state index in [0.29, 0.717) is 59.8 Å². The number of benzene rings is 3. The van der Waals surface area contributed by atoms with Crippen LogP contribution in [0.1, 0.15) is 16.7 Å². The van der Waals surface area contributed by atoms with Gasteiger partial charge in [-0.1, -0.05) is 23.7 Å². The normalized spacial score (nSPS) is 13.8. The number of fused-ring (bicyclic) bond motifs is 1. The third-order valence-corrected chi connectivity index (χ3v) is 5.79. The summed E-state index contributed by atoms with van der Waals surface area (Å²) >= 11 is 6.63. The Kier molecular flexibility index (Phi) is 8.32. The molecule has 3 aromatic carbocycles. The molecule has 0 spiro atoms. The van der Waals surface area contributed by atoms with Gasteiger partial charge in [0, 0.05) is 19.0 Å². The molecule has 1 aliphatic heterocycles. The summed E-state index contributed by atoms with van der Waals surface area (Å²) in [5, 5.41) is 4.39. The molecule has 1 aliphatic rings. The van der Waals surface area contributed by atoms with Gasteiger partial charge in [0.1, 0.15) is 18.2 Å². The first kappa shape index (κ1) is 27.9. The number of amidine groups is 1. The van der Waals surface area contributed by atoms with Crippen LogP contribution >= 0.6 is 24.0 Å². The molecule has 0 fully saturated rings. The molecule has 0 unspecified atom stereocenters. The lowest BCUT2D eigenvalue weighted by molar-refractivity contribution is -0.143. The van der Waals surface area contributed by atoms with E-state index in [1.54, 1.807) is 6.07 Å². The van der Waals surface area contributed by atoms with Gasteiger partial charge in [-0.05, 0) is 46.8 Å². The van der Waals surface area contributed by atoms with Crippen LogP contribution in [0.5, 0.6) is 5.75 Å². The molecule has 4 nitrogen and oxygen atoms in total. The van der Waals surface area contributed by atoms with Crippen molar-refractivity contribution in [3.05, 3.63) is 64.2 Å². The van der Waals surface area contributed by atoms with Crippen LogP contribution < -0.4 is 10.1 Å². The molecule has 0 bridgehead atoms. The highest BCUT2D eigenvalue weighted by Gasteiger charge is 2.37. The molecular formula is C24H20Cl2F6N2O2. The number of halogens is 8. The smallest absolute Gasteiger partial charge is 0.416 e. The van der Waals surface area contributed by atoms with E-state index in [1.807, 2.05) is 0 Å². The van der Waals surface area contributed by atoms with Crippen LogP contribution in [0.25, 0.3) is 21.9 Å². The van der Waals surface area contributed by atoms with Gasteiger partial charge in [0.25, 0.3) is 0 Å². The second-order valence-corrected chi connectivity index (χ2v) is 8.17. The van der Waals surface area contributed by atoms with Crippen molar-refractivity contribution >= 4 is 40.6 Å². The number of hydrogen-bond acceptors (Lipinski definition) is 4. The van der Waals surface area contributed by atoms with Gasteiger partial charge >= 0.3 is 12.4 Å². The maximum atomic E-state index is 13.3. The predicted molar refractivity (Wildman–Crippen MR) is 128 cm³/mol. The van der Waals surface area contributed by atoms with Crippen molar-refractivity contribution in [3.8, 4) is 16.9 Å². The van der Waals surface area contributed by atoms with Crippen molar-refractivity contribution in [1.29, 1.82) is 0 Å². The Hall–Kier alpha value is -2.69. The average molecular weight is 553 g/mol. The van der Waals surface area contributed by atoms with E-state index in [9.17, 15) is 26.3 Å². The summed E-state index contributed by atoms with van der Waals surface area (Å²) in [6.07, 6.45) is -9.88. The molecule has 0 atom stereocenters. The highest BCUT2D eigenvalue weighted by atomic mass is 35.5. The fraction of sp³-hybridized carbons (Fsp3) is 0.292. The first-order valence-electron chi connectivity index (χ1n) is 10.5. The molecule has 0 radical (unpaired) electrons. The monoisotopic (exact) mass is 552 g/mol. The lowest BCUT2D eigenvalue weighted by atomic mass is 9.96. The van der Waals surface area contributed by atoms with E-state index in [4.69, 9.17) is 21.1 Å². The number of alkyl halides is 6. The van der Waals surface area contributed by atoms with Gasteiger partial charge in [-0.25, -0.2) is 0 Å². The van der Waals surface area contributed by atoms with Crippen LogP contribution in [0, 0.1) is 0 Å². The summed E-state index contributed by atoms with van der Waals surface area (Å²) < 4.78 is 90.8. The zero-order valence-corrected chi connectivity index (χ0v) is 20.3. The fourth-order valence-electron chi connectivity index (χ4n) is 3.77. The summed E-state index contributed by atoms with van der Waals surface area (Å²) in [6.45, 7) is 1.66. The minimum absolute atomic E-state index is 0. The van der Waals surface area contributed by atoms with Crippen LogP contribution in [-0.2, 0) is 17.1 Å². The van der Waals surface area contributed by atoms with Gasteiger partial charge in [-0.2, -0.15) is 26.3 Å². The first-order valence-corrected chi connectivity index (χ1v) is 10.8. The van der Waals surface area contributed by atoms with Gasteiger partial charge in [0.15, 0.2) is 0 Å². The molecule has 194 valence electrons. The number of hydrogen-bond donors (Lipinski definition) is 1.